The zero-order chi connectivity index (χ0) is 21.3. The van der Waals surface area contributed by atoms with Gasteiger partial charge in [-0.05, 0) is 40.5 Å². The van der Waals surface area contributed by atoms with Gasteiger partial charge in [-0.3, -0.25) is 28.8 Å². The molecule has 0 heterocycles. The zero-order valence-electron chi connectivity index (χ0n) is 16.7. The molecule has 8 nitrogen and oxygen atoms in total. The number of hydrogen-bond donors (Lipinski definition) is 0. The van der Waals surface area contributed by atoms with Crippen LogP contribution in [0.25, 0.3) is 0 Å². The van der Waals surface area contributed by atoms with Crippen LogP contribution in [0.4, 0.5) is 0 Å². The summed E-state index contributed by atoms with van der Waals surface area (Å²) in [4.78, 5) is 75.1. The quantitative estimate of drug-likeness (QED) is 0.445. The van der Waals surface area contributed by atoms with Crippen LogP contribution < -0.4 is 0 Å². The van der Waals surface area contributed by atoms with E-state index in [1.807, 2.05) is 0 Å². The SMILES string of the molecule is CCOC(=O)[C@]1(CC(C)=O)C[C@@H]2C(=O)[C@](CC(C)=O)(C(=O)OCC)C[C@@H]2C1=O. The summed E-state index contributed by atoms with van der Waals surface area (Å²) in [6.45, 7) is 5.77. The van der Waals surface area contributed by atoms with Crippen LogP contribution in [0.5, 0.6) is 0 Å². The molecule has 0 unspecified atom stereocenters. The van der Waals surface area contributed by atoms with Crippen molar-refractivity contribution in [1.29, 1.82) is 0 Å². The Labute approximate surface area is 163 Å². The van der Waals surface area contributed by atoms with Gasteiger partial charge in [0.2, 0.25) is 0 Å². The van der Waals surface area contributed by atoms with Crippen molar-refractivity contribution < 1.29 is 38.2 Å². The first-order valence-electron chi connectivity index (χ1n) is 9.47. The highest BCUT2D eigenvalue weighted by molar-refractivity contribution is 6.17. The van der Waals surface area contributed by atoms with Crippen molar-refractivity contribution in [3.05, 3.63) is 0 Å². The minimum absolute atomic E-state index is 0.0339. The Hall–Kier alpha value is -2.38. The van der Waals surface area contributed by atoms with E-state index >= 15 is 0 Å². The second kappa shape index (κ2) is 7.93. The van der Waals surface area contributed by atoms with Crippen molar-refractivity contribution in [1.82, 2.24) is 0 Å². The standard InChI is InChI=1S/C20H26O8/c1-5-27-17(25)19(7-11(3)21)9-13-14(15(19)23)10-20(16(13)24,8-12(4)22)18(26)28-6-2/h13-14H,5-10H2,1-4H3/t13-,14-,19+,20+/m0/s1. The molecule has 0 aliphatic heterocycles. The van der Waals surface area contributed by atoms with Crippen LogP contribution in [-0.2, 0) is 38.2 Å². The first-order chi connectivity index (χ1) is 13.1. The van der Waals surface area contributed by atoms with Gasteiger partial charge in [0.1, 0.15) is 22.4 Å². The molecule has 8 heteroatoms. The summed E-state index contributed by atoms with van der Waals surface area (Å²) < 4.78 is 10.1. The molecule has 28 heavy (non-hydrogen) atoms. The molecule has 2 fully saturated rings. The fourth-order valence-corrected chi connectivity index (χ4v) is 4.72. The van der Waals surface area contributed by atoms with Gasteiger partial charge in [0.15, 0.2) is 11.6 Å². The molecule has 2 rings (SSSR count). The molecule has 0 saturated heterocycles. The molecule has 0 radical (unpaired) electrons. The smallest absolute Gasteiger partial charge is 0.320 e. The average Bonchev–Trinajstić information content (AvgIpc) is 3.01. The highest BCUT2D eigenvalue weighted by atomic mass is 16.5. The van der Waals surface area contributed by atoms with Crippen LogP contribution in [0, 0.1) is 22.7 Å². The van der Waals surface area contributed by atoms with Crippen molar-refractivity contribution in [2.45, 2.75) is 53.4 Å². The lowest BCUT2D eigenvalue weighted by Gasteiger charge is -2.29. The van der Waals surface area contributed by atoms with Gasteiger partial charge in [0.05, 0.1) is 13.2 Å². The number of hydrogen-bond acceptors (Lipinski definition) is 8. The third-order valence-electron chi connectivity index (χ3n) is 5.67. The summed E-state index contributed by atoms with van der Waals surface area (Å²) in [5, 5.41) is 0. The minimum Gasteiger partial charge on any atom is -0.465 e. The maximum absolute atomic E-state index is 13.2. The minimum atomic E-state index is -1.70. The molecule has 4 atom stereocenters. The third kappa shape index (κ3) is 3.40. The molecule has 0 spiro atoms. The first kappa shape index (κ1) is 21.9. The Kier molecular flexibility index (Phi) is 6.21. The molecule has 2 saturated carbocycles. The Morgan fingerprint density at radius 2 is 1.11 bits per heavy atom. The number of esters is 2. The molecule has 154 valence electrons. The third-order valence-corrected chi connectivity index (χ3v) is 5.67. The maximum Gasteiger partial charge on any atom is 0.320 e. The molecule has 0 aromatic heterocycles. The maximum atomic E-state index is 13.2. The highest BCUT2D eigenvalue weighted by Gasteiger charge is 2.69. The van der Waals surface area contributed by atoms with Crippen LogP contribution in [0.15, 0.2) is 0 Å². The molecule has 0 amide bonds. The molecule has 2 aliphatic carbocycles. The second-order valence-corrected chi connectivity index (χ2v) is 7.71. The molecular formula is C20H26O8. The van der Waals surface area contributed by atoms with Crippen molar-refractivity contribution >= 4 is 35.1 Å². The highest BCUT2D eigenvalue weighted by Crippen LogP contribution is 2.57. The lowest BCUT2D eigenvalue weighted by molar-refractivity contribution is -0.164. The van der Waals surface area contributed by atoms with Crippen molar-refractivity contribution in [2.24, 2.45) is 22.7 Å². The van der Waals surface area contributed by atoms with E-state index in [0.29, 0.717) is 0 Å². The van der Waals surface area contributed by atoms with Crippen LogP contribution in [0.2, 0.25) is 0 Å². The molecule has 0 bridgehead atoms. The normalized spacial score (nSPS) is 31.4. The molecular weight excluding hydrogens is 368 g/mol. The van der Waals surface area contributed by atoms with E-state index < -0.39 is 46.2 Å². The molecule has 2 aliphatic rings. The Morgan fingerprint density at radius 3 is 1.36 bits per heavy atom. The van der Waals surface area contributed by atoms with Crippen molar-refractivity contribution in [3.8, 4) is 0 Å². The van der Waals surface area contributed by atoms with Gasteiger partial charge < -0.3 is 9.47 Å². The number of ether oxygens (including phenoxy) is 2. The van der Waals surface area contributed by atoms with E-state index in [-0.39, 0.29) is 50.5 Å². The average molecular weight is 394 g/mol. The number of Topliss-reactive ketones (excluding diaryl/α,β-unsaturated/α-hetero) is 4. The van der Waals surface area contributed by atoms with Gasteiger partial charge in [-0.25, -0.2) is 0 Å². The lowest BCUT2D eigenvalue weighted by Crippen LogP contribution is -2.44. The van der Waals surface area contributed by atoms with E-state index in [9.17, 15) is 28.8 Å². The Bertz CT molecular complexity index is 676. The summed E-state index contributed by atoms with van der Waals surface area (Å²) in [7, 11) is 0. The number of carbonyl (C=O) groups excluding carboxylic acids is 6. The number of rotatable bonds is 8. The topological polar surface area (TPSA) is 121 Å². The summed E-state index contributed by atoms with van der Waals surface area (Å²) in [6, 6.07) is 0. The van der Waals surface area contributed by atoms with Crippen molar-refractivity contribution in [3.63, 3.8) is 0 Å². The zero-order valence-corrected chi connectivity index (χ0v) is 16.7. The molecule has 0 aromatic rings. The van der Waals surface area contributed by atoms with Gasteiger partial charge in [0.25, 0.3) is 0 Å². The number of ketones is 4. The molecule has 0 aromatic carbocycles. The van der Waals surface area contributed by atoms with E-state index in [1.165, 1.54) is 13.8 Å². The van der Waals surface area contributed by atoms with E-state index in [1.54, 1.807) is 13.8 Å². The van der Waals surface area contributed by atoms with E-state index in [2.05, 4.69) is 0 Å². The Morgan fingerprint density at radius 1 is 0.786 bits per heavy atom. The summed E-state index contributed by atoms with van der Waals surface area (Å²) in [5.41, 5.74) is -3.41. The summed E-state index contributed by atoms with van der Waals surface area (Å²) in [6.07, 6.45) is -1.06. The number of carbonyl (C=O) groups is 6. The largest absolute Gasteiger partial charge is 0.465 e. The predicted octanol–water partition coefficient (Wildman–Crippen LogP) is 1.22. The molecule has 0 N–H and O–H groups in total. The fourth-order valence-electron chi connectivity index (χ4n) is 4.72. The first-order valence-corrected chi connectivity index (χ1v) is 9.47. The lowest BCUT2D eigenvalue weighted by atomic mass is 9.72. The van der Waals surface area contributed by atoms with Gasteiger partial charge in [-0.1, -0.05) is 0 Å². The van der Waals surface area contributed by atoms with E-state index in [0.717, 1.165) is 0 Å². The predicted molar refractivity (Wildman–Crippen MR) is 95.0 cm³/mol. The van der Waals surface area contributed by atoms with Gasteiger partial charge >= 0.3 is 11.9 Å². The van der Waals surface area contributed by atoms with Crippen LogP contribution in [0.3, 0.4) is 0 Å². The summed E-state index contributed by atoms with van der Waals surface area (Å²) in [5.74, 6) is -5.32. The van der Waals surface area contributed by atoms with Crippen LogP contribution >= 0.6 is 0 Å². The second-order valence-electron chi connectivity index (χ2n) is 7.71. The van der Waals surface area contributed by atoms with Crippen LogP contribution in [-0.4, -0.2) is 48.3 Å². The Balaban J connectivity index is 2.45. The van der Waals surface area contributed by atoms with Crippen LogP contribution in [0.1, 0.15) is 53.4 Å². The monoisotopic (exact) mass is 394 g/mol. The summed E-state index contributed by atoms with van der Waals surface area (Å²) >= 11 is 0. The van der Waals surface area contributed by atoms with Gasteiger partial charge in [0, 0.05) is 24.7 Å². The van der Waals surface area contributed by atoms with E-state index in [4.69, 9.17) is 9.47 Å². The fraction of sp³-hybridized carbons (Fsp3) is 0.700. The number of fused-ring (bicyclic) bond motifs is 1. The van der Waals surface area contributed by atoms with Crippen molar-refractivity contribution in [2.75, 3.05) is 13.2 Å². The van der Waals surface area contributed by atoms with Gasteiger partial charge in [-0.2, -0.15) is 0 Å². The van der Waals surface area contributed by atoms with Gasteiger partial charge in [-0.15, -0.1) is 0 Å².